The normalized spacial score (nSPS) is 21.8. The predicted molar refractivity (Wildman–Crippen MR) is 34.0 cm³/mol. The van der Waals surface area contributed by atoms with Crippen molar-refractivity contribution in [3.05, 3.63) is 0 Å². The van der Waals surface area contributed by atoms with Crippen molar-refractivity contribution in [1.29, 1.82) is 0 Å². The van der Waals surface area contributed by atoms with Crippen LogP contribution >= 0.6 is 0 Å². The fraction of sp³-hybridized carbons (Fsp3) is 1.00. The summed E-state index contributed by atoms with van der Waals surface area (Å²) in [5.41, 5.74) is 0. The van der Waals surface area contributed by atoms with Crippen LogP contribution in [0, 0.1) is 5.92 Å². The number of halogens is 3. The molecule has 0 aromatic carbocycles. The minimum Gasteiger partial charge on any atom is -0.384 e. The Morgan fingerprint density at radius 2 is 1.91 bits per heavy atom. The first-order chi connectivity index (χ1) is 5.00. The molecular formula is C7H11F3O. The van der Waals surface area contributed by atoms with Crippen LogP contribution in [0.5, 0.6) is 0 Å². The summed E-state index contributed by atoms with van der Waals surface area (Å²) in [7, 11) is 0. The van der Waals surface area contributed by atoms with Gasteiger partial charge in [-0.1, -0.05) is 12.8 Å². The van der Waals surface area contributed by atoms with E-state index < -0.39 is 12.3 Å². The average molecular weight is 168 g/mol. The predicted octanol–water partition coefficient (Wildman–Crippen LogP) is 2.10. The molecule has 0 heterocycles. The Bertz CT molecular complexity index is 128. The molecule has 1 saturated carbocycles. The van der Waals surface area contributed by atoms with E-state index in [0.29, 0.717) is 12.3 Å². The SMILES string of the molecule is O[C@H](CCC1CC1)C(F)(F)F. The summed E-state index contributed by atoms with van der Waals surface area (Å²) in [5, 5.41) is 8.54. The molecule has 0 amide bonds. The molecule has 0 aromatic heterocycles. The third kappa shape index (κ3) is 3.10. The zero-order valence-electron chi connectivity index (χ0n) is 6.06. The summed E-state index contributed by atoms with van der Waals surface area (Å²) in [4.78, 5) is 0. The summed E-state index contributed by atoms with van der Waals surface area (Å²) in [6.45, 7) is 0. The summed E-state index contributed by atoms with van der Waals surface area (Å²) >= 11 is 0. The molecule has 66 valence electrons. The second kappa shape index (κ2) is 3.01. The maximum Gasteiger partial charge on any atom is 0.414 e. The van der Waals surface area contributed by atoms with Crippen molar-refractivity contribution in [2.45, 2.75) is 38.0 Å². The first-order valence-corrected chi connectivity index (χ1v) is 3.75. The number of hydrogen-bond acceptors (Lipinski definition) is 1. The molecular weight excluding hydrogens is 157 g/mol. The van der Waals surface area contributed by atoms with Crippen LogP contribution in [0.1, 0.15) is 25.7 Å². The van der Waals surface area contributed by atoms with Crippen LogP contribution in [0.2, 0.25) is 0 Å². The van der Waals surface area contributed by atoms with Crippen LogP contribution in [0.3, 0.4) is 0 Å². The lowest BCUT2D eigenvalue weighted by Gasteiger charge is -2.13. The van der Waals surface area contributed by atoms with Gasteiger partial charge in [0, 0.05) is 0 Å². The largest absolute Gasteiger partial charge is 0.414 e. The van der Waals surface area contributed by atoms with E-state index in [2.05, 4.69) is 0 Å². The molecule has 1 N–H and O–H groups in total. The molecule has 1 fully saturated rings. The van der Waals surface area contributed by atoms with Crippen molar-refractivity contribution in [3.63, 3.8) is 0 Å². The van der Waals surface area contributed by atoms with E-state index in [-0.39, 0.29) is 6.42 Å². The number of hydrogen-bond donors (Lipinski definition) is 1. The number of aliphatic hydroxyl groups excluding tert-OH is 1. The first kappa shape index (κ1) is 8.84. The lowest BCUT2D eigenvalue weighted by molar-refractivity contribution is -0.205. The highest BCUT2D eigenvalue weighted by molar-refractivity contribution is 4.76. The van der Waals surface area contributed by atoms with Gasteiger partial charge >= 0.3 is 6.18 Å². The molecule has 1 rings (SSSR count). The van der Waals surface area contributed by atoms with Gasteiger partial charge in [-0.25, -0.2) is 0 Å². The van der Waals surface area contributed by atoms with Gasteiger partial charge in [-0.05, 0) is 18.8 Å². The van der Waals surface area contributed by atoms with Crippen molar-refractivity contribution in [1.82, 2.24) is 0 Å². The van der Waals surface area contributed by atoms with Crippen molar-refractivity contribution in [2.75, 3.05) is 0 Å². The van der Waals surface area contributed by atoms with E-state index in [1.165, 1.54) is 0 Å². The Kier molecular flexibility index (Phi) is 2.42. The lowest BCUT2D eigenvalue weighted by Crippen LogP contribution is -2.28. The number of aliphatic hydroxyl groups is 1. The molecule has 0 radical (unpaired) electrons. The molecule has 0 bridgehead atoms. The van der Waals surface area contributed by atoms with Gasteiger partial charge in [-0.2, -0.15) is 13.2 Å². The fourth-order valence-corrected chi connectivity index (χ4v) is 0.964. The maximum atomic E-state index is 11.7. The van der Waals surface area contributed by atoms with Crippen molar-refractivity contribution < 1.29 is 18.3 Å². The van der Waals surface area contributed by atoms with Crippen molar-refractivity contribution >= 4 is 0 Å². The van der Waals surface area contributed by atoms with Crippen LogP contribution in [-0.4, -0.2) is 17.4 Å². The monoisotopic (exact) mass is 168 g/mol. The molecule has 0 unspecified atom stereocenters. The molecule has 11 heavy (non-hydrogen) atoms. The number of alkyl halides is 3. The third-order valence-corrected chi connectivity index (χ3v) is 1.92. The third-order valence-electron chi connectivity index (χ3n) is 1.92. The summed E-state index contributed by atoms with van der Waals surface area (Å²) in [6, 6.07) is 0. The topological polar surface area (TPSA) is 20.2 Å². The molecule has 1 atom stereocenters. The van der Waals surface area contributed by atoms with Crippen LogP contribution in [-0.2, 0) is 0 Å². The van der Waals surface area contributed by atoms with Gasteiger partial charge < -0.3 is 5.11 Å². The van der Waals surface area contributed by atoms with Crippen LogP contribution < -0.4 is 0 Å². The van der Waals surface area contributed by atoms with Gasteiger partial charge in [0.05, 0.1) is 0 Å². The lowest BCUT2D eigenvalue weighted by atomic mass is 10.1. The Balaban J connectivity index is 2.13. The van der Waals surface area contributed by atoms with E-state index in [1.54, 1.807) is 0 Å². The highest BCUT2D eigenvalue weighted by Gasteiger charge is 2.38. The molecule has 1 aliphatic carbocycles. The van der Waals surface area contributed by atoms with E-state index in [1.807, 2.05) is 0 Å². The van der Waals surface area contributed by atoms with Gasteiger partial charge in [0.25, 0.3) is 0 Å². The Hall–Kier alpha value is -0.250. The van der Waals surface area contributed by atoms with Gasteiger partial charge in [0.15, 0.2) is 0 Å². The van der Waals surface area contributed by atoms with Gasteiger partial charge in [0.2, 0.25) is 0 Å². The standard InChI is InChI=1S/C7H11F3O/c8-7(9,10)6(11)4-3-5-1-2-5/h5-6,11H,1-4H2/t6-/m1/s1. The number of rotatable bonds is 3. The maximum absolute atomic E-state index is 11.7. The van der Waals surface area contributed by atoms with Crippen LogP contribution in [0.4, 0.5) is 13.2 Å². The zero-order chi connectivity index (χ0) is 8.48. The second-order valence-corrected chi connectivity index (χ2v) is 3.08. The summed E-state index contributed by atoms with van der Waals surface area (Å²) in [5.74, 6) is 0.451. The highest BCUT2D eigenvalue weighted by atomic mass is 19.4. The molecule has 0 aliphatic heterocycles. The van der Waals surface area contributed by atoms with E-state index in [9.17, 15) is 13.2 Å². The average Bonchev–Trinajstić information content (AvgIpc) is 2.62. The van der Waals surface area contributed by atoms with E-state index >= 15 is 0 Å². The van der Waals surface area contributed by atoms with Gasteiger partial charge in [0.1, 0.15) is 6.10 Å². The minimum atomic E-state index is -4.42. The van der Waals surface area contributed by atoms with Crippen LogP contribution in [0.25, 0.3) is 0 Å². The molecule has 0 aromatic rings. The minimum absolute atomic E-state index is 0.131. The first-order valence-electron chi connectivity index (χ1n) is 3.75. The van der Waals surface area contributed by atoms with Crippen molar-refractivity contribution in [3.8, 4) is 0 Å². The zero-order valence-corrected chi connectivity index (χ0v) is 6.06. The van der Waals surface area contributed by atoms with E-state index in [0.717, 1.165) is 12.8 Å². The molecule has 0 saturated heterocycles. The Morgan fingerprint density at radius 3 is 2.27 bits per heavy atom. The molecule has 1 nitrogen and oxygen atoms in total. The van der Waals surface area contributed by atoms with E-state index in [4.69, 9.17) is 5.11 Å². The van der Waals surface area contributed by atoms with Crippen LogP contribution in [0.15, 0.2) is 0 Å². The molecule has 4 heteroatoms. The quantitative estimate of drug-likeness (QED) is 0.684. The smallest absolute Gasteiger partial charge is 0.384 e. The highest BCUT2D eigenvalue weighted by Crippen LogP contribution is 2.35. The Morgan fingerprint density at radius 1 is 1.36 bits per heavy atom. The second-order valence-electron chi connectivity index (χ2n) is 3.08. The fourth-order valence-electron chi connectivity index (χ4n) is 0.964. The summed E-state index contributed by atoms with van der Waals surface area (Å²) < 4.78 is 35.0. The van der Waals surface area contributed by atoms with Crippen molar-refractivity contribution in [2.24, 2.45) is 5.92 Å². The Labute approximate surface area is 63.2 Å². The molecule has 0 spiro atoms. The molecule has 1 aliphatic rings. The van der Waals surface area contributed by atoms with Gasteiger partial charge in [-0.3, -0.25) is 0 Å². The van der Waals surface area contributed by atoms with Gasteiger partial charge in [-0.15, -0.1) is 0 Å². The summed E-state index contributed by atoms with van der Waals surface area (Å²) in [6.07, 6.45) is -4.08.